The van der Waals surface area contributed by atoms with Crippen LogP contribution < -0.4 is 10.6 Å². The summed E-state index contributed by atoms with van der Waals surface area (Å²) in [5.41, 5.74) is 1.62. The Morgan fingerprint density at radius 2 is 1.73 bits per heavy atom. The van der Waals surface area contributed by atoms with E-state index in [1.807, 2.05) is 30.3 Å². The monoisotopic (exact) mass is 335 g/mol. The van der Waals surface area contributed by atoms with E-state index in [9.17, 15) is 4.79 Å². The van der Waals surface area contributed by atoms with Crippen molar-refractivity contribution in [3.05, 3.63) is 64.1 Å². The smallest absolute Gasteiger partial charge is 0.287 e. The van der Waals surface area contributed by atoms with Crippen molar-refractivity contribution in [2.45, 2.75) is 24.9 Å². The summed E-state index contributed by atoms with van der Waals surface area (Å²) in [7, 11) is 0. The number of hydrogen-bond acceptors (Lipinski definition) is 1. The molecule has 0 aliphatic heterocycles. The highest BCUT2D eigenvalue weighted by Gasteiger charge is 2.33. The summed E-state index contributed by atoms with van der Waals surface area (Å²) < 4.78 is 0. The van der Waals surface area contributed by atoms with Crippen LogP contribution in [0, 0.1) is 0 Å². The van der Waals surface area contributed by atoms with Gasteiger partial charge in [-0.3, -0.25) is 4.79 Å². The first kappa shape index (κ1) is 15.3. The SMILES string of the molecule is O=C(Nc1cc(Cl)cc(Cl)c1)[C@@H]([NH2+]C1CC1)c1ccccc1. The Kier molecular flexibility index (Phi) is 4.67. The van der Waals surface area contributed by atoms with Gasteiger partial charge in [0.05, 0.1) is 6.04 Å². The van der Waals surface area contributed by atoms with Gasteiger partial charge in [-0.1, -0.05) is 53.5 Å². The van der Waals surface area contributed by atoms with Gasteiger partial charge in [0.25, 0.3) is 5.91 Å². The second-order valence-corrected chi connectivity index (χ2v) is 6.44. The largest absolute Gasteiger partial charge is 0.330 e. The van der Waals surface area contributed by atoms with E-state index in [2.05, 4.69) is 10.6 Å². The van der Waals surface area contributed by atoms with Crippen molar-refractivity contribution in [2.75, 3.05) is 5.32 Å². The molecule has 1 amide bonds. The van der Waals surface area contributed by atoms with Crippen molar-refractivity contribution in [3.63, 3.8) is 0 Å². The quantitative estimate of drug-likeness (QED) is 0.864. The predicted molar refractivity (Wildman–Crippen MR) is 89.2 cm³/mol. The molecule has 1 aliphatic rings. The van der Waals surface area contributed by atoms with Gasteiger partial charge in [-0.15, -0.1) is 0 Å². The van der Waals surface area contributed by atoms with Crippen LogP contribution in [0.2, 0.25) is 10.0 Å². The molecule has 1 aliphatic carbocycles. The van der Waals surface area contributed by atoms with Crippen LogP contribution in [-0.2, 0) is 4.79 Å². The van der Waals surface area contributed by atoms with E-state index in [0.717, 1.165) is 5.56 Å². The van der Waals surface area contributed by atoms with Crippen molar-refractivity contribution in [2.24, 2.45) is 0 Å². The van der Waals surface area contributed by atoms with Crippen LogP contribution in [0.5, 0.6) is 0 Å². The van der Waals surface area contributed by atoms with E-state index in [1.165, 1.54) is 12.8 Å². The molecule has 2 aromatic rings. The molecule has 5 heteroatoms. The maximum absolute atomic E-state index is 12.7. The normalized spacial score (nSPS) is 15.4. The van der Waals surface area contributed by atoms with Crippen molar-refractivity contribution < 1.29 is 10.1 Å². The summed E-state index contributed by atoms with van der Waals surface area (Å²) in [6.07, 6.45) is 2.33. The van der Waals surface area contributed by atoms with Crippen molar-refractivity contribution in [3.8, 4) is 0 Å². The predicted octanol–water partition coefficient (Wildman–Crippen LogP) is 3.40. The molecule has 1 atom stereocenters. The minimum atomic E-state index is -0.258. The maximum atomic E-state index is 12.7. The third-order valence-corrected chi connectivity index (χ3v) is 4.09. The molecule has 0 saturated heterocycles. The lowest BCUT2D eigenvalue weighted by Gasteiger charge is -2.16. The lowest BCUT2D eigenvalue weighted by molar-refractivity contribution is -0.695. The lowest BCUT2D eigenvalue weighted by atomic mass is 10.1. The zero-order valence-electron chi connectivity index (χ0n) is 11.9. The fraction of sp³-hybridized carbons (Fsp3) is 0.235. The van der Waals surface area contributed by atoms with Gasteiger partial charge in [-0.25, -0.2) is 0 Å². The number of rotatable bonds is 5. The van der Waals surface area contributed by atoms with Crippen LogP contribution in [0.3, 0.4) is 0 Å². The number of nitrogens with two attached hydrogens (primary N) is 1. The summed E-state index contributed by atoms with van der Waals surface area (Å²) in [5, 5.41) is 6.06. The zero-order valence-corrected chi connectivity index (χ0v) is 13.4. The molecule has 0 unspecified atom stereocenters. The third kappa shape index (κ3) is 4.01. The Bertz CT molecular complexity index is 651. The van der Waals surface area contributed by atoms with Crippen LogP contribution in [0.4, 0.5) is 5.69 Å². The summed E-state index contributed by atoms with van der Waals surface area (Å²) in [4.78, 5) is 12.7. The average molecular weight is 336 g/mol. The lowest BCUT2D eigenvalue weighted by Crippen LogP contribution is -2.88. The number of quaternary nitrogens is 1. The van der Waals surface area contributed by atoms with E-state index < -0.39 is 0 Å². The molecule has 1 saturated carbocycles. The van der Waals surface area contributed by atoms with E-state index in [4.69, 9.17) is 23.2 Å². The highest BCUT2D eigenvalue weighted by molar-refractivity contribution is 6.35. The second-order valence-electron chi connectivity index (χ2n) is 5.57. The van der Waals surface area contributed by atoms with Crippen LogP contribution in [0.15, 0.2) is 48.5 Å². The molecule has 0 radical (unpaired) electrons. The minimum absolute atomic E-state index is 0.0589. The first-order valence-corrected chi connectivity index (χ1v) is 8.04. The van der Waals surface area contributed by atoms with Gasteiger partial charge in [0.1, 0.15) is 0 Å². The minimum Gasteiger partial charge on any atom is -0.330 e. The summed E-state index contributed by atoms with van der Waals surface area (Å²) in [5.74, 6) is -0.0589. The Labute approximate surface area is 139 Å². The standard InChI is InChI=1S/C17H16Cl2N2O/c18-12-8-13(19)10-15(9-12)21-17(22)16(20-14-6-7-14)11-4-2-1-3-5-11/h1-5,8-10,14,16,20H,6-7H2,(H,21,22)/p+1/t16-/m0/s1. The number of carbonyl (C=O) groups excluding carboxylic acids is 1. The fourth-order valence-corrected chi connectivity index (χ4v) is 2.94. The Morgan fingerprint density at radius 1 is 1.09 bits per heavy atom. The molecule has 0 aromatic heterocycles. The number of anilines is 1. The molecular weight excluding hydrogens is 319 g/mol. The molecule has 3 N–H and O–H groups in total. The van der Waals surface area contributed by atoms with Crippen LogP contribution in [-0.4, -0.2) is 11.9 Å². The molecule has 1 fully saturated rings. The van der Waals surface area contributed by atoms with E-state index >= 15 is 0 Å². The Morgan fingerprint density at radius 3 is 2.32 bits per heavy atom. The number of amides is 1. The van der Waals surface area contributed by atoms with Crippen LogP contribution in [0.1, 0.15) is 24.4 Å². The highest BCUT2D eigenvalue weighted by Crippen LogP contribution is 2.24. The van der Waals surface area contributed by atoms with E-state index in [-0.39, 0.29) is 11.9 Å². The van der Waals surface area contributed by atoms with Gasteiger partial charge in [0, 0.05) is 34.1 Å². The first-order valence-electron chi connectivity index (χ1n) is 7.29. The molecular formula is C17H17Cl2N2O+. The molecule has 22 heavy (non-hydrogen) atoms. The number of carbonyl (C=O) groups is 1. The van der Waals surface area contributed by atoms with Gasteiger partial charge >= 0.3 is 0 Å². The van der Waals surface area contributed by atoms with E-state index in [0.29, 0.717) is 21.8 Å². The van der Waals surface area contributed by atoms with Gasteiger partial charge in [-0.2, -0.15) is 0 Å². The van der Waals surface area contributed by atoms with Crippen molar-refractivity contribution in [1.82, 2.24) is 0 Å². The third-order valence-electron chi connectivity index (χ3n) is 3.66. The summed E-state index contributed by atoms with van der Waals surface area (Å²) in [6.45, 7) is 0. The average Bonchev–Trinajstić information content (AvgIpc) is 3.28. The Balaban J connectivity index is 1.79. The van der Waals surface area contributed by atoms with Crippen molar-refractivity contribution >= 4 is 34.8 Å². The fourth-order valence-electron chi connectivity index (χ4n) is 2.42. The zero-order chi connectivity index (χ0) is 15.5. The van der Waals surface area contributed by atoms with Gasteiger partial charge in [-0.05, 0) is 18.2 Å². The van der Waals surface area contributed by atoms with Crippen LogP contribution >= 0.6 is 23.2 Å². The molecule has 0 spiro atoms. The van der Waals surface area contributed by atoms with Gasteiger partial charge < -0.3 is 10.6 Å². The second kappa shape index (κ2) is 6.69. The number of nitrogens with one attached hydrogen (secondary N) is 1. The highest BCUT2D eigenvalue weighted by atomic mass is 35.5. The van der Waals surface area contributed by atoms with Gasteiger partial charge in [0.15, 0.2) is 6.04 Å². The summed E-state index contributed by atoms with van der Waals surface area (Å²) in [6, 6.07) is 15.1. The topological polar surface area (TPSA) is 45.7 Å². The molecule has 0 heterocycles. The number of hydrogen-bond donors (Lipinski definition) is 2. The molecule has 114 valence electrons. The molecule has 3 nitrogen and oxygen atoms in total. The van der Waals surface area contributed by atoms with E-state index in [1.54, 1.807) is 18.2 Å². The van der Waals surface area contributed by atoms with Crippen molar-refractivity contribution in [1.29, 1.82) is 0 Å². The maximum Gasteiger partial charge on any atom is 0.287 e. The molecule has 3 rings (SSSR count). The Hall–Kier alpha value is -1.55. The van der Waals surface area contributed by atoms with Crippen LogP contribution in [0.25, 0.3) is 0 Å². The summed E-state index contributed by atoms with van der Waals surface area (Å²) >= 11 is 12.0. The first-order chi connectivity index (χ1) is 10.6. The van der Waals surface area contributed by atoms with Gasteiger partial charge in [0.2, 0.25) is 0 Å². The number of halogens is 2. The molecule has 2 aromatic carbocycles. The number of benzene rings is 2. The molecule has 0 bridgehead atoms.